The van der Waals surface area contributed by atoms with Gasteiger partial charge in [0.05, 0.1) is 21.8 Å². The van der Waals surface area contributed by atoms with Crippen LogP contribution < -0.4 is 9.64 Å². The number of thioether (sulfide) groups is 1. The van der Waals surface area contributed by atoms with E-state index >= 15 is 0 Å². The van der Waals surface area contributed by atoms with Gasteiger partial charge in [0.15, 0.2) is 0 Å². The third kappa shape index (κ3) is 3.28. The number of rotatable bonds is 4. The van der Waals surface area contributed by atoms with Crippen molar-refractivity contribution < 1.29 is 9.53 Å². The Labute approximate surface area is 167 Å². The van der Waals surface area contributed by atoms with E-state index in [-0.39, 0.29) is 11.3 Å². The molecule has 0 fully saturated rings. The van der Waals surface area contributed by atoms with Crippen LogP contribution in [0.15, 0.2) is 47.4 Å². The van der Waals surface area contributed by atoms with E-state index in [4.69, 9.17) is 4.74 Å². The van der Waals surface area contributed by atoms with E-state index in [1.165, 1.54) is 0 Å². The monoisotopic (exact) mass is 467 g/mol. The van der Waals surface area contributed by atoms with Gasteiger partial charge in [0, 0.05) is 16.3 Å². The highest BCUT2D eigenvalue weighted by atomic mass is 127. The zero-order chi connectivity index (χ0) is 18.0. The molecule has 1 amide bonds. The summed E-state index contributed by atoms with van der Waals surface area (Å²) < 4.78 is 6.51. The third-order valence-corrected chi connectivity index (χ3v) is 7.18. The highest BCUT2D eigenvalue weighted by molar-refractivity contribution is 14.1. The first-order valence-corrected chi connectivity index (χ1v) is 10.5. The molecule has 0 bridgehead atoms. The van der Waals surface area contributed by atoms with Gasteiger partial charge in [0.2, 0.25) is 5.91 Å². The van der Waals surface area contributed by atoms with Crippen molar-refractivity contribution in [2.75, 3.05) is 17.8 Å². The van der Waals surface area contributed by atoms with Crippen molar-refractivity contribution >= 4 is 51.6 Å². The largest absolute Gasteiger partial charge is 0.496 e. The lowest BCUT2D eigenvalue weighted by Crippen LogP contribution is -2.41. The molecule has 1 heterocycles. The van der Waals surface area contributed by atoms with Gasteiger partial charge >= 0.3 is 0 Å². The molecule has 1 aliphatic rings. The van der Waals surface area contributed by atoms with Gasteiger partial charge in [-0.15, -0.1) is 11.8 Å². The summed E-state index contributed by atoms with van der Waals surface area (Å²) in [5.41, 5.74) is 1.52. The van der Waals surface area contributed by atoms with Gasteiger partial charge < -0.3 is 4.74 Å². The summed E-state index contributed by atoms with van der Waals surface area (Å²) in [5.74, 6) is 1.84. The highest BCUT2D eigenvalue weighted by Gasteiger charge is 2.42. The first kappa shape index (κ1) is 18.6. The first-order chi connectivity index (χ1) is 12.1. The van der Waals surface area contributed by atoms with Gasteiger partial charge in [-0.25, -0.2) is 0 Å². The second kappa shape index (κ2) is 7.58. The van der Waals surface area contributed by atoms with Crippen molar-refractivity contribution in [2.24, 2.45) is 5.41 Å². The molecule has 0 radical (unpaired) electrons. The number of ether oxygens (including phenoxy) is 1. The summed E-state index contributed by atoms with van der Waals surface area (Å²) in [6.07, 6.45) is 1.67. The van der Waals surface area contributed by atoms with Crippen molar-refractivity contribution in [1.29, 1.82) is 0 Å². The maximum absolute atomic E-state index is 13.6. The zero-order valence-electron chi connectivity index (χ0n) is 14.7. The molecule has 0 aromatic heterocycles. The predicted molar refractivity (Wildman–Crippen MR) is 113 cm³/mol. The molecule has 3 rings (SSSR count). The van der Waals surface area contributed by atoms with E-state index in [0.29, 0.717) is 0 Å². The molecular weight excluding hydrogens is 445 g/mol. The summed E-state index contributed by atoms with van der Waals surface area (Å²) in [6, 6.07) is 14.1. The minimum Gasteiger partial charge on any atom is -0.496 e. The summed E-state index contributed by atoms with van der Waals surface area (Å²) >= 11 is 4.03. The lowest BCUT2D eigenvalue weighted by molar-refractivity contribution is -0.126. The molecule has 0 aliphatic carbocycles. The zero-order valence-corrected chi connectivity index (χ0v) is 17.7. The van der Waals surface area contributed by atoms with E-state index in [1.807, 2.05) is 35.2 Å². The maximum Gasteiger partial charge on any atom is 0.238 e. The van der Waals surface area contributed by atoms with Crippen LogP contribution in [0.3, 0.4) is 0 Å². The number of halogens is 1. The summed E-state index contributed by atoms with van der Waals surface area (Å²) in [6.45, 7) is 4.23. The van der Waals surface area contributed by atoms with Gasteiger partial charge in [-0.2, -0.15) is 0 Å². The first-order valence-electron chi connectivity index (χ1n) is 8.46. The Balaban J connectivity index is 2.23. The summed E-state index contributed by atoms with van der Waals surface area (Å²) in [4.78, 5) is 16.6. The third-order valence-electron chi connectivity index (χ3n) is 5.00. The van der Waals surface area contributed by atoms with Crippen molar-refractivity contribution in [2.45, 2.75) is 31.6 Å². The Morgan fingerprint density at radius 3 is 2.48 bits per heavy atom. The number of hydrogen-bond donors (Lipinski definition) is 0. The van der Waals surface area contributed by atoms with Crippen LogP contribution in [-0.4, -0.2) is 18.8 Å². The van der Waals surface area contributed by atoms with Gasteiger partial charge in [-0.3, -0.25) is 9.69 Å². The Morgan fingerprint density at radius 2 is 1.88 bits per heavy atom. The predicted octanol–water partition coefficient (Wildman–Crippen LogP) is 5.88. The molecule has 0 saturated heterocycles. The second-order valence-electron chi connectivity index (χ2n) is 6.21. The normalized spacial score (nSPS) is 16.3. The molecule has 2 aromatic carbocycles. The van der Waals surface area contributed by atoms with E-state index in [0.717, 1.165) is 44.2 Å². The number of nitrogens with zero attached hydrogens (tertiary/aromatic N) is 1. The minimum absolute atomic E-state index is 0.191. The van der Waals surface area contributed by atoms with E-state index in [1.54, 1.807) is 18.9 Å². The Morgan fingerprint density at radius 1 is 1.20 bits per heavy atom. The number of carbonyl (C=O) groups excluding carboxylic acids is 1. The Hall–Kier alpha value is -1.21. The van der Waals surface area contributed by atoms with Crippen LogP contribution >= 0.6 is 34.4 Å². The molecular formula is C20H22INO2S. The molecule has 0 N–H and O–H groups in total. The Bertz CT molecular complexity index is 775. The standard InChI is InChI=1S/C20H22INO2S/c1-4-20(5-2)13-25-18-12-17(24-3)15(21)11-16(18)22(19(20)23)14-9-7-6-8-10-14/h6-12H,4-5,13H2,1-3H3. The molecule has 132 valence electrons. The number of para-hydroxylation sites is 1. The second-order valence-corrected chi connectivity index (χ2v) is 8.39. The maximum atomic E-state index is 13.6. The van der Waals surface area contributed by atoms with Crippen LogP contribution in [0.2, 0.25) is 0 Å². The smallest absolute Gasteiger partial charge is 0.238 e. The van der Waals surface area contributed by atoms with E-state index < -0.39 is 0 Å². The molecule has 25 heavy (non-hydrogen) atoms. The fourth-order valence-electron chi connectivity index (χ4n) is 3.19. The topological polar surface area (TPSA) is 29.5 Å². The van der Waals surface area contributed by atoms with E-state index in [2.05, 4.69) is 48.6 Å². The minimum atomic E-state index is -0.349. The quantitative estimate of drug-likeness (QED) is 0.527. The number of fused-ring (bicyclic) bond motifs is 1. The fraction of sp³-hybridized carbons (Fsp3) is 0.350. The van der Waals surface area contributed by atoms with Crippen LogP contribution in [0.25, 0.3) is 0 Å². The van der Waals surface area contributed by atoms with E-state index in [9.17, 15) is 4.79 Å². The average Bonchev–Trinajstić information content (AvgIpc) is 2.76. The number of anilines is 2. The summed E-state index contributed by atoms with van der Waals surface area (Å²) in [5, 5.41) is 0. The van der Waals surface area contributed by atoms with Crippen molar-refractivity contribution in [3.8, 4) is 5.75 Å². The van der Waals surface area contributed by atoms with Crippen LogP contribution in [0.5, 0.6) is 5.75 Å². The molecule has 0 saturated carbocycles. The SMILES string of the molecule is CCC1(CC)CSc2cc(OC)c(I)cc2N(c2ccccc2)C1=O. The number of benzene rings is 2. The van der Waals surface area contributed by atoms with Gasteiger partial charge in [-0.05, 0) is 59.7 Å². The molecule has 0 unspecified atom stereocenters. The van der Waals surface area contributed by atoms with Crippen molar-refractivity contribution in [1.82, 2.24) is 0 Å². The molecule has 0 atom stereocenters. The van der Waals surface area contributed by atoms with Gasteiger partial charge in [-0.1, -0.05) is 32.0 Å². The van der Waals surface area contributed by atoms with Gasteiger partial charge in [0.1, 0.15) is 5.75 Å². The molecule has 3 nitrogen and oxygen atoms in total. The average molecular weight is 467 g/mol. The van der Waals surface area contributed by atoms with Crippen LogP contribution in [0, 0.1) is 8.99 Å². The lowest BCUT2D eigenvalue weighted by atomic mass is 9.82. The lowest BCUT2D eigenvalue weighted by Gasteiger charge is -2.33. The Kier molecular flexibility index (Phi) is 5.63. The summed E-state index contributed by atoms with van der Waals surface area (Å²) in [7, 11) is 1.69. The molecule has 0 spiro atoms. The van der Waals surface area contributed by atoms with Crippen LogP contribution in [0.4, 0.5) is 11.4 Å². The van der Waals surface area contributed by atoms with Crippen molar-refractivity contribution in [3.63, 3.8) is 0 Å². The highest BCUT2D eigenvalue weighted by Crippen LogP contribution is 2.48. The molecule has 5 heteroatoms. The molecule has 1 aliphatic heterocycles. The van der Waals surface area contributed by atoms with Crippen molar-refractivity contribution in [3.05, 3.63) is 46.0 Å². The number of hydrogen-bond acceptors (Lipinski definition) is 3. The number of carbonyl (C=O) groups is 1. The molecule has 2 aromatic rings. The number of methoxy groups -OCH3 is 1. The van der Waals surface area contributed by atoms with Crippen LogP contribution in [-0.2, 0) is 4.79 Å². The number of amides is 1. The van der Waals surface area contributed by atoms with Crippen LogP contribution in [0.1, 0.15) is 26.7 Å². The van der Waals surface area contributed by atoms with Gasteiger partial charge in [0.25, 0.3) is 0 Å². The fourth-order valence-corrected chi connectivity index (χ4v) is 5.31.